The lowest BCUT2D eigenvalue weighted by atomic mass is 9.82. The molecule has 0 radical (unpaired) electrons. The molecule has 2 aliphatic rings. The van der Waals surface area contributed by atoms with Gasteiger partial charge in [0.05, 0.1) is 6.10 Å². The van der Waals surface area contributed by atoms with Crippen molar-refractivity contribution in [1.29, 1.82) is 0 Å². The third kappa shape index (κ3) is 5.12. The molecule has 1 aromatic rings. The number of carbonyl (C=O) groups excluding carboxylic acids is 1. The van der Waals surface area contributed by atoms with Crippen LogP contribution < -0.4 is 4.74 Å². The number of nitrogens with zero attached hydrogens (tertiary/aromatic N) is 2. The van der Waals surface area contributed by atoms with Crippen LogP contribution in [-0.4, -0.2) is 62.2 Å². The first-order valence-electron chi connectivity index (χ1n) is 9.45. The Kier molecular flexibility index (Phi) is 6.79. The third-order valence-electron chi connectivity index (χ3n) is 5.34. The van der Waals surface area contributed by atoms with E-state index in [2.05, 4.69) is 11.0 Å². The molecule has 0 N–H and O–H groups in total. The highest BCUT2D eigenvalue weighted by atomic mass is 35.5. The minimum atomic E-state index is 0.0252. The summed E-state index contributed by atoms with van der Waals surface area (Å²) >= 11 is 6.45. The summed E-state index contributed by atoms with van der Waals surface area (Å²) in [4.78, 5) is 15.9. The first-order valence-corrected chi connectivity index (χ1v) is 9.83. The SMILES string of the molecule is COCC(=O)N(C)CC1CC(Oc2ccc(CN3CCCC3)c(Cl)c2)C1. The van der Waals surface area contributed by atoms with Crippen LogP contribution in [-0.2, 0) is 16.1 Å². The average molecular weight is 381 g/mol. The van der Waals surface area contributed by atoms with Gasteiger partial charge in [0.2, 0.25) is 5.91 Å². The van der Waals surface area contributed by atoms with Crippen LogP contribution in [0.2, 0.25) is 5.02 Å². The summed E-state index contributed by atoms with van der Waals surface area (Å²) in [5.74, 6) is 1.36. The maximum absolute atomic E-state index is 11.7. The molecule has 1 aliphatic heterocycles. The van der Waals surface area contributed by atoms with Crippen molar-refractivity contribution in [3.8, 4) is 5.75 Å². The van der Waals surface area contributed by atoms with Crippen molar-refractivity contribution in [1.82, 2.24) is 9.80 Å². The number of carbonyl (C=O) groups is 1. The number of halogens is 1. The standard InChI is InChI=1S/C20H29ClN2O3/c1-22(20(24)14-25-2)12-15-9-18(10-15)26-17-6-5-16(19(21)11-17)13-23-7-3-4-8-23/h5-6,11,15,18H,3-4,7-10,12-14H2,1-2H3. The molecule has 1 aromatic carbocycles. The van der Waals surface area contributed by atoms with Crippen LogP contribution in [0.1, 0.15) is 31.2 Å². The minimum absolute atomic E-state index is 0.0252. The highest BCUT2D eigenvalue weighted by Gasteiger charge is 2.32. The molecule has 3 rings (SSSR count). The van der Waals surface area contributed by atoms with Gasteiger partial charge >= 0.3 is 0 Å². The number of likely N-dealkylation sites (tertiary alicyclic amines) is 1. The molecule has 0 spiro atoms. The summed E-state index contributed by atoms with van der Waals surface area (Å²) in [5, 5.41) is 0.787. The summed E-state index contributed by atoms with van der Waals surface area (Å²) in [6.45, 7) is 4.16. The molecule has 26 heavy (non-hydrogen) atoms. The number of likely N-dealkylation sites (N-methyl/N-ethyl adjacent to an activating group) is 1. The highest BCUT2D eigenvalue weighted by molar-refractivity contribution is 6.31. The van der Waals surface area contributed by atoms with E-state index >= 15 is 0 Å². The van der Waals surface area contributed by atoms with Gasteiger partial charge in [0.25, 0.3) is 0 Å². The van der Waals surface area contributed by atoms with Crippen molar-refractivity contribution in [3.63, 3.8) is 0 Å². The molecule has 2 fully saturated rings. The molecule has 1 amide bonds. The van der Waals surface area contributed by atoms with E-state index in [1.165, 1.54) is 31.5 Å². The molecule has 1 saturated heterocycles. The van der Waals surface area contributed by atoms with Gasteiger partial charge in [-0.25, -0.2) is 0 Å². The Morgan fingerprint density at radius 2 is 2.04 bits per heavy atom. The zero-order valence-corrected chi connectivity index (χ0v) is 16.5. The van der Waals surface area contributed by atoms with Crippen LogP contribution in [0, 0.1) is 5.92 Å². The second-order valence-corrected chi connectivity index (χ2v) is 7.93. The fraction of sp³-hybridized carbons (Fsp3) is 0.650. The molecule has 0 atom stereocenters. The minimum Gasteiger partial charge on any atom is -0.490 e. The van der Waals surface area contributed by atoms with Gasteiger partial charge in [-0.05, 0) is 62.4 Å². The van der Waals surface area contributed by atoms with E-state index in [0.29, 0.717) is 5.92 Å². The van der Waals surface area contributed by atoms with Crippen molar-refractivity contribution >= 4 is 17.5 Å². The Hall–Kier alpha value is -1.30. The van der Waals surface area contributed by atoms with Crippen LogP contribution in [0.15, 0.2) is 18.2 Å². The van der Waals surface area contributed by atoms with Gasteiger partial charge < -0.3 is 14.4 Å². The number of ether oxygens (including phenoxy) is 2. The molecule has 0 aromatic heterocycles. The first-order chi connectivity index (χ1) is 12.5. The van der Waals surface area contributed by atoms with Gasteiger partial charge in [-0.15, -0.1) is 0 Å². The van der Waals surface area contributed by atoms with Crippen molar-refractivity contribution in [2.75, 3.05) is 40.4 Å². The maximum atomic E-state index is 11.7. The molecule has 0 bridgehead atoms. The van der Waals surface area contributed by atoms with Gasteiger partial charge in [0.15, 0.2) is 0 Å². The number of amides is 1. The Morgan fingerprint density at radius 3 is 2.69 bits per heavy atom. The smallest absolute Gasteiger partial charge is 0.248 e. The van der Waals surface area contributed by atoms with E-state index in [9.17, 15) is 4.79 Å². The normalized spacial score (nSPS) is 22.9. The van der Waals surface area contributed by atoms with Crippen LogP contribution in [0.25, 0.3) is 0 Å². The number of hydrogen-bond acceptors (Lipinski definition) is 4. The molecular weight excluding hydrogens is 352 g/mol. The van der Waals surface area contributed by atoms with Crippen LogP contribution in [0.3, 0.4) is 0 Å². The van der Waals surface area contributed by atoms with Crippen molar-refractivity contribution in [2.24, 2.45) is 5.92 Å². The Bertz CT molecular complexity index is 613. The van der Waals surface area contributed by atoms with Gasteiger partial charge in [0, 0.05) is 32.3 Å². The number of rotatable bonds is 8. The molecule has 6 heteroatoms. The second kappa shape index (κ2) is 9.07. The molecule has 1 aliphatic carbocycles. The van der Waals surface area contributed by atoms with Gasteiger partial charge in [-0.1, -0.05) is 17.7 Å². The zero-order chi connectivity index (χ0) is 18.5. The van der Waals surface area contributed by atoms with E-state index < -0.39 is 0 Å². The highest BCUT2D eigenvalue weighted by Crippen LogP contribution is 2.33. The van der Waals surface area contributed by atoms with Crippen LogP contribution >= 0.6 is 11.6 Å². The summed E-state index contributed by atoms with van der Waals surface area (Å²) in [7, 11) is 3.37. The molecule has 144 valence electrons. The number of hydrogen-bond donors (Lipinski definition) is 0. The van der Waals surface area contributed by atoms with Gasteiger partial charge in [-0.3, -0.25) is 9.69 Å². The first kappa shape index (κ1) is 19.5. The molecular formula is C20H29ClN2O3. The summed E-state index contributed by atoms with van der Waals surface area (Å²) < 4.78 is 10.9. The topological polar surface area (TPSA) is 42.0 Å². The number of methoxy groups -OCH3 is 1. The Labute approximate surface area is 161 Å². The predicted octanol–water partition coefficient (Wildman–Crippen LogP) is 3.20. The van der Waals surface area contributed by atoms with E-state index in [4.69, 9.17) is 21.1 Å². The molecule has 1 heterocycles. The van der Waals surface area contributed by atoms with Crippen LogP contribution in [0.4, 0.5) is 0 Å². The summed E-state index contributed by atoms with van der Waals surface area (Å²) in [6, 6.07) is 6.05. The lowest BCUT2D eigenvalue weighted by molar-refractivity contribution is -0.135. The summed E-state index contributed by atoms with van der Waals surface area (Å²) in [5.41, 5.74) is 1.17. The van der Waals surface area contributed by atoms with Gasteiger partial charge in [-0.2, -0.15) is 0 Å². The van der Waals surface area contributed by atoms with Crippen LogP contribution in [0.5, 0.6) is 5.75 Å². The van der Waals surface area contributed by atoms with Crippen molar-refractivity contribution in [2.45, 2.75) is 38.3 Å². The maximum Gasteiger partial charge on any atom is 0.248 e. The Morgan fingerprint density at radius 1 is 1.31 bits per heavy atom. The lowest BCUT2D eigenvalue weighted by Gasteiger charge is -2.37. The van der Waals surface area contributed by atoms with Gasteiger partial charge in [0.1, 0.15) is 12.4 Å². The zero-order valence-electron chi connectivity index (χ0n) is 15.7. The third-order valence-corrected chi connectivity index (χ3v) is 5.69. The fourth-order valence-corrected chi connectivity index (χ4v) is 3.98. The van der Waals surface area contributed by atoms with Crippen molar-refractivity contribution in [3.05, 3.63) is 28.8 Å². The fourth-order valence-electron chi connectivity index (χ4n) is 3.75. The largest absolute Gasteiger partial charge is 0.490 e. The van der Waals surface area contributed by atoms with Crippen molar-refractivity contribution < 1.29 is 14.3 Å². The monoisotopic (exact) mass is 380 g/mol. The molecule has 0 unspecified atom stereocenters. The molecule has 5 nitrogen and oxygen atoms in total. The van der Waals surface area contributed by atoms with E-state index in [1.807, 2.05) is 19.2 Å². The predicted molar refractivity (Wildman–Crippen MR) is 103 cm³/mol. The lowest BCUT2D eigenvalue weighted by Crippen LogP contribution is -2.42. The summed E-state index contributed by atoms with van der Waals surface area (Å²) in [6.07, 6.45) is 4.73. The van der Waals surface area contributed by atoms with E-state index in [-0.39, 0.29) is 18.6 Å². The average Bonchev–Trinajstić information content (AvgIpc) is 3.08. The van der Waals surface area contributed by atoms with E-state index in [1.54, 1.807) is 12.0 Å². The quantitative estimate of drug-likeness (QED) is 0.694. The number of benzene rings is 1. The van der Waals surface area contributed by atoms with E-state index in [0.717, 1.165) is 36.7 Å². The Balaban J connectivity index is 1.43. The molecule has 1 saturated carbocycles. The second-order valence-electron chi connectivity index (χ2n) is 7.52.